The number of methoxy groups -OCH3 is 1. The van der Waals surface area contributed by atoms with Crippen LogP contribution in [0.1, 0.15) is 11.1 Å². The number of anilines is 1. The van der Waals surface area contributed by atoms with Crippen LogP contribution in [0.3, 0.4) is 0 Å². The van der Waals surface area contributed by atoms with Crippen LogP contribution in [0.25, 0.3) is 6.08 Å². The van der Waals surface area contributed by atoms with Gasteiger partial charge in [0, 0.05) is 5.02 Å². The minimum absolute atomic E-state index is 0.167. The molecule has 1 unspecified atom stereocenters. The Labute approximate surface area is 194 Å². The molecule has 1 heterocycles. The molecule has 1 amide bonds. The van der Waals surface area contributed by atoms with Crippen molar-refractivity contribution in [1.29, 1.82) is 0 Å². The highest BCUT2D eigenvalue weighted by Crippen LogP contribution is 2.34. The predicted octanol–water partition coefficient (Wildman–Crippen LogP) is 5.67. The molecule has 2 N–H and O–H groups in total. The van der Waals surface area contributed by atoms with Gasteiger partial charge in [0.1, 0.15) is 23.9 Å². The molecule has 32 heavy (non-hydrogen) atoms. The van der Waals surface area contributed by atoms with Crippen LogP contribution in [-0.2, 0) is 11.4 Å². The van der Waals surface area contributed by atoms with Gasteiger partial charge in [0.2, 0.25) is 0 Å². The van der Waals surface area contributed by atoms with E-state index in [1.807, 2.05) is 30.3 Å². The van der Waals surface area contributed by atoms with Crippen molar-refractivity contribution in [3.05, 3.63) is 93.6 Å². The Morgan fingerprint density at radius 1 is 1.16 bits per heavy atom. The molecule has 1 atom stereocenters. The first-order chi connectivity index (χ1) is 15.5. The lowest BCUT2D eigenvalue weighted by atomic mass is 10.2. The van der Waals surface area contributed by atoms with E-state index in [-0.39, 0.29) is 23.8 Å². The van der Waals surface area contributed by atoms with E-state index in [0.717, 1.165) is 11.1 Å². The highest BCUT2D eigenvalue weighted by molar-refractivity contribution is 8.05. The van der Waals surface area contributed by atoms with E-state index in [4.69, 9.17) is 21.1 Å². The predicted molar refractivity (Wildman–Crippen MR) is 126 cm³/mol. The Morgan fingerprint density at radius 3 is 2.72 bits per heavy atom. The SMILES string of the molecule is COc1ccc(Cl)cc1NC1NC(=O)/C(=C/c2ccc(OCc3cccc(F)c3)cc2)S1. The van der Waals surface area contributed by atoms with Crippen LogP contribution in [-0.4, -0.2) is 18.5 Å². The molecule has 5 nitrogen and oxygen atoms in total. The summed E-state index contributed by atoms with van der Waals surface area (Å²) in [5, 5.41) is 6.68. The van der Waals surface area contributed by atoms with Gasteiger partial charge in [-0.25, -0.2) is 4.39 Å². The molecule has 1 aliphatic rings. The van der Waals surface area contributed by atoms with Gasteiger partial charge < -0.3 is 20.1 Å². The Bertz CT molecular complexity index is 1150. The van der Waals surface area contributed by atoms with E-state index in [0.29, 0.717) is 27.1 Å². The van der Waals surface area contributed by atoms with Gasteiger partial charge in [-0.15, -0.1) is 0 Å². The summed E-state index contributed by atoms with van der Waals surface area (Å²) < 4.78 is 24.3. The largest absolute Gasteiger partial charge is 0.495 e. The molecule has 0 radical (unpaired) electrons. The average molecular weight is 471 g/mol. The van der Waals surface area contributed by atoms with Gasteiger partial charge in [-0.2, -0.15) is 0 Å². The highest BCUT2D eigenvalue weighted by atomic mass is 35.5. The first kappa shape index (κ1) is 22.0. The van der Waals surface area contributed by atoms with Crippen molar-refractivity contribution in [3.8, 4) is 11.5 Å². The number of nitrogens with one attached hydrogen (secondary N) is 2. The van der Waals surface area contributed by atoms with Crippen molar-refractivity contribution in [1.82, 2.24) is 5.32 Å². The molecular formula is C24H20ClFN2O3S. The summed E-state index contributed by atoms with van der Waals surface area (Å²) in [7, 11) is 1.58. The van der Waals surface area contributed by atoms with E-state index < -0.39 is 0 Å². The molecule has 0 saturated carbocycles. The first-order valence-electron chi connectivity index (χ1n) is 9.77. The third-order valence-corrected chi connectivity index (χ3v) is 5.91. The number of hydrogen-bond acceptors (Lipinski definition) is 5. The van der Waals surface area contributed by atoms with Crippen LogP contribution in [0.2, 0.25) is 5.02 Å². The maximum absolute atomic E-state index is 13.3. The van der Waals surface area contributed by atoms with Crippen molar-refractivity contribution in [3.63, 3.8) is 0 Å². The van der Waals surface area contributed by atoms with Crippen LogP contribution in [0.5, 0.6) is 11.5 Å². The Morgan fingerprint density at radius 2 is 1.97 bits per heavy atom. The Balaban J connectivity index is 1.38. The number of thioether (sulfide) groups is 1. The van der Waals surface area contributed by atoms with E-state index in [9.17, 15) is 9.18 Å². The molecule has 1 saturated heterocycles. The third kappa shape index (κ3) is 5.55. The number of rotatable bonds is 7. The number of amides is 1. The second kappa shape index (κ2) is 9.97. The summed E-state index contributed by atoms with van der Waals surface area (Å²) in [5.41, 5.74) is 1.96. The zero-order chi connectivity index (χ0) is 22.5. The number of carbonyl (C=O) groups excluding carboxylic acids is 1. The lowest BCUT2D eigenvalue weighted by Gasteiger charge is -2.15. The molecule has 1 aliphatic heterocycles. The fourth-order valence-electron chi connectivity index (χ4n) is 3.10. The van der Waals surface area contributed by atoms with E-state index >= 15 is 0 Å². The smallest absolute Gasteiger partial charge is 0.260 e. The van der Waals surface area contributed by atoms with Crippen LogP contribution in [0, 0.1) is 5.82 Å². The minimum atomic E-state index is -0.352. The van der Waals surface area contributed by atoms with Gasteiger partial charge >= 0.3 is 0 Å². The maximum Gasteiger partial charge on any atom is 0.260 e. The number of benzene rings is 3. The van der Waals surface area contributed by atoms with E-state index in [1.165, 1.54) is 23.9 Å². The average Bonchev–Trinajstić information content (AvgIpc) is 3.12. The van der Waals surface area contributed by atoms with Crippen molar-refractivity contribution in [2.45, 2.75) is 12.1 Å². The second-order valence-corrected chi connectivity index (χ2v) is 8.54. The molecule has 0 spiro atoms. The molecule has 3 aromatic rings. The molecule has 0 bridgehead atoms. The highest BCUT2D eigenvalue weighted by Gasteiger charge is 2.27. The van der Waals surface area contributed by atoms with Gasteiger partial charge in [0.15, 0.2) is 5.50 Å². The molecule has 0 aliphatic carbocycles. The molecule has 4 rings (SSSR count). The summed E-state index contributed by atoms with van der Waals surface area (Å²) >= 11 is 7.44. The van der Waals surface area contributed by atoms with Gasteiger partial charge in [-0.1, -0.05) is 47.6 Å². The van der Waals surface area contributed by atoms with Crippen molar-refractivity contribution < 1.29 is 18.7 Å². The quantitative estimate of drug-likeness (QED) is 0.436. The van der Waals surface area contributed by atoms with Crippen LogP contribution in [0.15, 0.2) is 71.6 Å². The van der Waals surface area contributed by atoms with Crippen molar-refractivity contribution >= 4 is 41.0 Å². The summed E-state index contributed by atoms with van der Waals surface area (Å²) in [4.78, 5) is 13.0. The number of ether oxygens (including phenoxy) is 2. The molecule has 164 valence electrons. The number of hydrogen-bond donors (Lipinski definition) is 2. The second-order valence-electron chi connectivity index (χ2n) is 6.96. The van der Waals surface area contributed by atoms with E-state index in [1.54, 1.807) is 37.4 Å². The van der Waals surface area contributed by atoms with Crippen LogP contribution < -0.4 is 20.1 Å². The van der Waals surface area contributed by atoms with Crippen LogP contribution in [0.4, 0.5) is 10.1 Å². The monoisotopic (exact) mass is 470 g/mol. The van der Waals surface area contributed by atoms with Gasteiger partial charge in [-0.3, -0.25) is 4.79 Å². The molecule has 1 fully saturated rings. The Hall–Kier alpha value is -3.16. The van der Waals surface area contributed by atoms with Gasteiger partial charge in [0.05, 0.1) is 17.7 Å². The zero-order valence-electron chi connectivity index (χ0n) is 17.1. The summed E-state index contributed by atoms with van der Waals surface area (Å²) in [6.45, 7) is 0.275. The normalized spacial score (nSPS) is 16.7. The first-order valence-corrected chi connectivity index (χ1v) is 11.0. The lowest BCUT2D eigenvalue weighted by Crippen LogP contribution is -2.31. The van der Waals surface area contributed by atoms with E-state index in [2.05, 4.69) is 10.6 Å². The fourth-order valence-corrected chi connectivity index (χ4v) is 4.25. The molecule has 0 aromatic heterocycles. The summed E-state index contributed by atoms with van der Waals surface area (Å²) in [6, 6.07) is 18.9. The lowest BCUT2D eigenvalue weighted by molar-refractivity contribution is -0.116. The molecule has 8 heteroatoms. The molecular weight excluding hydrogens is 451 g/mol. The molecule has 3 aromatic carbocycles. The zero-order valence-corrected chi connectivity index (χ0v) is 18.7. The van der Waals surface area contributed by atoms with Crippen molar-refractivity contribution in [2.24, 2.45) is 0 Å². The van der Waals surface area contributed by atoms with Gasteiger partial charge in [0.25, 0.3) is 5.91 Å². The summed E-state index contributed by atoms with van der Waals surface area (Å²) in [5.74, 6) is 0.838. The number of carbonyl (C=O) groups is 1. The fraction of sp³-hybridized carbons (Fsp3) is 0.125. The third-order valence-electron chi connectivity index (χ3n) is 4.65. The summed E-state index contributed by atoms with van der Waals surface area (Å²) in [6.07, 6.45) is 1.81. The van der Waals surface area contributed by atoms with Gasteiger partial charge in [-0.05, 0) is 59.7 Å². The Kier molecular flexibility index (Phi) is 6.87. The number of halogens is 2. The van der Waals surface area contributed by atoms with Crippen LogP contribution >= 0.6 is 23.4 Å². The maximum atomic E-state index is 13.3. The topological polar surface area (TPSA) is 59.6 Å². The standard InChI is InChI=1S/C24H20ClFN2O3S/c1-30-21-10-7-17(25)13-20(21)27-24-28-23(29)22(32-24)12-15-5-8-19(9-6-15)31-14-16-3-2-4-18(26)11-16/h2-13,24,27H,14H2,1H3,(H,28,29)/b22-12-. The minimum Gasteiger partial charge on any atom is -0.495 e. The van der Waals surface area contributed by atoms with Crippen molar-refractivity contribution in [2.75, 3.05) is 12.4 Å².